The molecule has 0 saturated heterocycles. The van der Waals surface area contributed by atoms with Crippen molar-refractivity contribution in [3.63, 3.8) is 0 Å². The molecule has 0 bridgehead atoms. The topological polar surface area (TPSA) is 29.1 Å². The van der Waals surface area contributed by atoms with Gasteiger partial charge in [-0.3, -0.25) is 4.79 Å². The van der Waals surface area contributed by atoms with Gasteiger partial charge in [0.1, 0.15) is 0 Å². The fourth-order valence-corrected chi connectivity index (χ4v) is 2.57. The highest BCUT2D eigenvalue weighted by Gasteiger charge is 2.17. The van der Waals surface area contributed by atoms with E-state index in [0.717, 1.165) is 18.4 Å². The fourth-order valence-electron chi connectivity index (χ4n) is 2.57. The highest BCUT2D eigenvalue weighted by molar-refractivity contribution is 5.96. The van der Waals surface area contributed by atoms with E-state index in [4.69, 9.17) is 0 Å². The van der Waals surface area contributed by atoms with Gasteiger partial charge in [0, 0.05) is 6.04 Å². The lowest BCUT2D eigenvalue weighted by Crippen LogP contribution is -2.32. The van der Waals surface area contributed by atoms with Gasteiger partial charge in [-0.15, -0.1) is 0 Å². The SMILES string of the molecule is O=C(CNC1CCCC1)C1=CCCCC1. The van der Waals surface area contributed by atoms with Gasteiger partial charge in [-0.2, -0.15) is 0 Å². The Morgan fingerprint density at radius 1 is 1.27 bits per heavy atom. The van der Waals surface area contributed by atoms with Crippen molar-refractivity contribution in [3.8, 4) is 0 Å². The number of carbonyl (C=O) groups excluding carboxylic acids is 1. The number of hydrogen-bond acceptors (Lipinski definition) is 2. The van der Waals surface area contributed by atoms with Crippen LogP contribution in [0.5, 0.6) is 0 Å². The van der Waals surface area contributed by atoms with Crippen molar-refractivity contribution in [3.05, 3.63) is 11.6 Å². The molecule has 84 valence electrons. The minimum absolute atomic E-state index is 0.335. The Morgan fingerprint density at radius 3 is 2.73 bits per heavy atom. The maximum absolute atomic E-state index is 11.8. The standard InChI is InChI=1S/C13H21NO/c15-13(11-6-2-1-3-7-11)10-14-12-8-4-5-9-12/h6,12,14H,1-5,7-10H2. The van der Waals surface area contributed by atoms with E-state index in [1.54, 1.807) is 0 Å². The molecule has 0 aliphatic heterocycles. The van der Waals surface area contributed by atoms with Gasteiger partial charge in [-0.1, -0.05) is 18.9 Å². The molecule has 0 heterocycles. The molecule has 2 rings (SSSR count). The average Bonchev–Trinajstić information content (AvgIpc) is 2.80. The third kappa shape index (κ3) is 3.16. The Morgan fingerprint density at radius 2 is 2.07 bits per heavy atom. The highest BCUT2D eigenvalue weighted by atomic mass is 16.1. The normalized spacial score (nSPS) is 22.8. The Balaban J connectivity index is 1.73. The van der Waals surface area contributed by atoms with Crippen molar-refractivity contribution in [2.24, 2.45) is 0 Å². The zero-order valence-corrected chi connectivity index (χ0v) is 9.43. The second-order valence-electron chi connectivity index (χ2n) is 4.76. The number of Topliss-reactive ketones (excluding diaryl/α,β-unsaturated/α-hetero) is 1. The first-order valence-electron chi connectivity index (χ1n) is 6.32. The zero-order valence-electron chi connectivity index (χ0n) is 9.43. The Labute approximate surface area is 92.1 Å². The lowest BCUT2D eigenvalue weighted by molar-refractivity contribution is -0.115. The lowest BCUT2D eigenvalue weighted by Gasteiger charge is -2.14. The minimum Gasteiger partial charge on any atom is -0.307 e. The van der Waals surface area contributed by atoms with Crippen LogP contribution in [0.1, 0.15) is 51.4 Å². The molecule has 0 amide bonds. The van der Waals surface area contributed by atoms with Crippen LogP contribution in [-0.2, 0) is 4.79 Å². The van der Waals surface area contributed by atoms with Crippen molar-refractivity contribution in [1.82, 2.24) is 5.32 Å². The third-order valence-corrected chi connectivity index (χ3v) is 3.56. The summed E-state index contributed by atoms with van der Waals surface area (Å²) in [7, 11) is 0. The van der Waals surface area contributed by atoms with E-state index in [9.17, 15) is 4.79 Å². The molecule has 0 radical (unpaired) electrons. The van der Waals surface area contributed by atoms with Gasteiger partial charge in [0.15, 0.2) is 5.78 Å². The van der Waals surface area contributed by atoms with Crippen LogP contribution in [0.4, 0.5) is 0 Å². The molecule has 1 N–H and O–H groups in total. The van der Waals surface area contributed by atoms with Crippen LogP contribution >= 0.6 is 0 Å². The smallest absolute Gasteiger partial charge is 0.172 e. The molecule has 1 saturated carbocycles. The molecule has 2 nitrogen and oxygen atoms in total. The van der Waals surface area contributed by atoms with E-state index < -0.39 is 0 Å². The highest BCUT2D eigenvalue weighted by Crippen LogP contribution is 2.19. The van der Waals surface area contributed by atoms with Crippen molar-refractivity contribution in [1.29, 1.82) is 0 Å². The summed E-state index contributed by atoms with van der Waals surface area (Å²) in [6.07, 6.45) is 11.9. The third-order valence-electron chi connectivity index (χ3n) is 3.56. The molecule has 0 spiro atoms. The van der Waals surface area contributed by atoms with Gasteiger partial charge in [-0.05, 0) is 44.1 Å². The molecule has 0 atom stereocenters. The first kappa shape index (κ1) is 10.9. The van der Waals surface area contributed by atoms with Gasteiger partial charge in [-0.25, -0.2) is 0 Å². The lowest BCUT2D eigenvalue weighted by atomic mass is 9.96. The number of allylic oxidation sites excluding steroid dienone is 1. The van der Waals surface area contributed by atoms with Crippen molar-refractivity contribution >= 4 is 5.78 Å². The molecule has 15 heavy (non-hydrogen) atoms. The quantitative estimate of drug-likeness (QED) is 0.767. The predicted octanol–water partition coefficient (Wildman–Crippen LogP) is 2.59. The van der Waals surface area contributed by atoms with E-state index in [-0.39, 0.29) is 0 Å². The monoisotopic (exact) mass is 207 g/mol. The number of ketones is 1. The number of nitrogens with one attached hydrogen (secondary N) is 1. The molecule has 0 unspecified atom stereocenters. The number of rotatable bonds is 4. The van der Waals surface area contributed by atoms with Crippen molar-refractivity contribution < 1.29 is 4.79 Å². The van der Waals surface area contributed by atoms with Crippen molar-refractivity contribution in [2.75, 3.05) is 6.54 Å². The maximum Gasteiger partial charge on any atom is 0.172 e. The summed E-state index contributed by atoms with van der Waals surface area (Å²) in [6, 6.07) is 0.609. The largest absolute Gasteiger partial charge is 0.307 e. The van der Waals surface area contributed by atoms with Gasteiger partial charge < -0.3 is 5.32 Å². The predicted molar refractivity (Wildman–Crippen MR) is 61.8 cm³/mol. The van der Waals surface area contributed by atoms with Crippen LogP contribution in [-0.4, -0.2) is 18.4 Å². The summed E-state index contributed by atoms with van der Waals surface area (Å²) in [4.78, 5) is 11.8. The van der Waals surface area contributed by atoms with Crippen LogP contribution < -0.4 is 5.32 Å². The van der Waals surface area contributed by atoms with Crippen LogP contribution in [0.2, 0.25) is 0 Å². The Hall–Kier alpha value is -0.630. The summed E-state index contributed by atoms with van der Waals surface area (Å²) < 4.78 is 0. The van der Waals surface area contributed by atoms with Crippen LogP contribution in [0, 0.1) is 0 Å². The summed E-state index contributed by atoms with van der Waals surface area (Å²) in [6.45, 7) is 0.566. The molecule has 2 aliphatic rings. The van der Waals surface area contributed by atoms with Gasteiger partial charge in [0.05, 0.1) is 6.54 Å². The van der Waals surface area contributed by atoms with E-state index in [0.29, 0.717) is 18.4 Å². The number of carbonyl (C=O) groups is 1. The first-order valence-corrected chi connectivity index (χ1v) is 6.32. The Bertz CT molecular complexity index is 251. The van der Waals surface area contributed by atoms with Crippen LogP contribution in [0.25, 0.3) is 0 Å². The summed E-state index contributed by atoms with van der Waals surface area (Å²) in [5.74, 6) is 0.335. The molecule has 0 aromatic rings. The van der Waals surface area contributed by atoms with E-state index >= 15 is 0 Å². The molecule has 2 aliphatic carbocycles. The summed E-state index contributed by atoms with van der Waals surface area (Å²) >= 11 is 0. The Kier molecular flexibility index (Phi) is 3.95. The van der Waals surface area contributed by atoms with Gasteiger partial charge in [0.2, 0.25) is 0 Å². The van der Waals surface area contributed by atoms with E-state index in [2.05, 4.69) is 11.4 Å². The molecule has 2 heteroatoms. The minimum atomic E-state index is 0.335. The molecular weight excluding hydrogens is 186 g/mol. The first-order chi connectivity index (χ1) is 7.36. The van der Waals surface area contributed by atoms with Crippen LogP contribution in [0.15, 0.2) is 11.6 Å². The average molecular weight is 207 g/mol. The molecular formula is C13H21NO. The fraction of sp³-hybridized carbons (Fsp3) is 0.769. The second-order valence-corrected chi connectivity index (χ2v) is 4.76. The molecule has 0 aromatic heterocycles. The summed E-state index contributed by atoms with van der Waals surface area (Å²) in [5, 5.41) is 3.39. The van der Waals surface area contributed by atoms with Crippen molar-refractivity contribution in [2.45, 2.75) is 57.4 Å². The molecule has 0 aromatic carbocycles. The second kappa shape index (κ2) is 5.45. The zero-order chi connectivity index (χ0) is 10.5. The molecule has 1 fully saturated rings. The van der Waals surface area contributed by atoms with Crippen LogP contribution in [0.3, 0.4) is 0 Å². The summed E-state index contributed by atoms with van der Waals surface area (Å²) in [5.41, 5.74) is 1.08. The maximum atomic E-state index is 11.8. The van der Waals surface area contributed by atoms with Gasteiger partial charge in [0.25, 0.3) is 0 Å². The van der Waals surface area contributed by atoms with E-state index in [1.165, 1.54) is 38.5 Å². The van der Waals surface area contributed by atoms with E-state index in [1.807, 2.05) is 0 Å². The van der Waals surface area contributed by atoms with Gasteiger partial charge >= 0.3 is 0 Å². The number of hydrogen-bond donors (Lipinski definition) is 1.